The number of hydrogen-bond donors (Lipinski definition) is 1. The number of hydrogen-bond acceptors (Lipinski definition) is 2. The standard InChI is InChI=1S/C24H23FN2O/c1-3-16(2)17-10-14-20(15-11-17)27-23(18-8-12-19(25)13-9-18)26-22-7-5-4-6-21(22)24(27)28/h4-16,23,26H,3H2,1-2H3/t16-,23+/m1/s1. The molecule has 3 nitrogen and oxygen atoms in total. The molecule has 28 heavy (non-hydrogen) atoms. The van der Waals surface area contributed by atoms with Crippen LogP contribution in [0.2, 0.25) is 0 Å². The van der Waals surface area contributed by atoms with E-state index < -0.39 is 6.17 Å². The summed E-state index contributed by atoms with van der Waals surface area (Å²) in [6.07, 6.45) is 0.659. The van der Waals surface area contributed by atoms with Crippen LogP contribution in [0.25, 0.3) is 0 Å². The van der Waals surface area contributed by atoms with Gasteiger partial charge in [0.2, 0.25) is 0 Å². The fourth-order valence-corrected chi connectivity index (χ4v) is 3.60. The zero-order chi connectivity index (χ0) is 19.7. The van der Waals surface area contributed by atoms with E-state index in [-0.39, 0.29) is 11.7 Å². The van der Waals surface area contributed by atoms with Crippen LogP contribution < -0.4 is 10.2 Å². The largest absolute Gasteiger partial charge is 0.360 e. The van der Waals surface area contributed by atoms with Crippen molar-refractivity contribution in [2.24, 2.45) is 0 Å². The van der Waals surface area contributed by atoms with Crippen LogP contribution in [-0.2, 0) is 0 Å². The highest BCUT2D eigenvalue weighted by atomic mass is 19.1. The van der Waals surface area contributed by atoms with Gasteiger partial charge in [0.25, 0.3) is 5.91 Å². The molecule has 2 atom stereocenters. The molecule has 0 saturated carbocycles. The molecule has 0 aromatic heterocycles. The number of fused-ring (bicyclic) bond motifs is 1. The lowest BCUT2D eigenvalue weighted by molar-refractivity contribution is 0.0975. The highest BCUT2D eigenvalue weighted by Crippen LogP contribution is 2.37. The lowest BCUT2D eigenvalue weighted by atomic mass is 9.97. The molecule has 0 unspecified atom stereocenters. The Morgan fingerprint density at radius 2 is 1.68 bits per heavy atom. The lowest BCUT2D eigenvalue weighted by Gasteiger charge is -2.38. The molecular weight excluding hydrogens is 351 g/mol. The van der Waals surface area contributed by atoms with Gasteiger partial charge in [0.15, 0.2) is 0 Å². The van der Waals surface area contributed by atoms with Gasteiger partial charge in [0, 0.05) is 11.4 Å². The molecule has 1 aliphatic heterocycles. The molecule has 3 aromatic rings. The van der Waals surface area contributed by atoms with Gasteiger partial charge in [-0.25, -0.2) is 4.39 Å². The number of carbonyl (C=O) groups excluding carboxylic acids is 1. The molecule has 0 radical (unpaired) electrons. The Kier molecular flexibility index (Phi) is 4.86. The van der Waals surface area contributed by atoms with E-state index in [1.54, 1.807) is 17.0 Å². The maximum atomic E-state index is 13.4. The van der Waals surface area contributed by atoms with Crippen LogP contribution in [0.1, 0.15) is 53.8 Å². The van der Waals surface area contributed by atoms with Crippen molar-refractivity contribution in [2.45, 2.75) is 32.4 Å². The Labute approximate surface area is 164 Å². The van der Waals surface area contributed by atoms with Gasteiger partial charge in [-0.2, -0.15) is 0 Å². The van der Waals surface area contributed by atoms with Gasteiger partial charge in [-0.05, 0) is 59.9 Å². The van der Waals surface area contributed by atoms with E-state index in [2.05, 4.69) is 31.3 Å². The van der Waals surface area contributed by atoms with Crippen LogP contribution in [0.15, 0.2) is 72.8 Å². The Bertz CT molecular complexity index is 982. The lowest BCUT2D eigenvalue weighted by Crippen LogP contribution is -2.43. The molecule has 4 rings (SSSR count). The van der Waals surface area contributed by atoms with Crippen molar-refractivity contribution in [3.63, 3.8) is 0 Å². The molecule has 1 amide bonds. The third-order valence-corrected chi connectivity index (χ3v) is 5.47. The van der Waals surface area contributed by atoms with Crippen molar-refractivity contribution >= 4 is 17.3 Å². The molecule has 0 saturated heterocycles. The van der Waals surface area contributed by atoms with Gasteiger partial charge >= 0.3 is 0 Å². The van der Waals surface area contributed by atoms with Crippen LogP contribution >= 0.6 is 0 Å². The van der Waals surface area contributed by atoms with Gasteiger partial charge in [-0.1, -0.05) is 50.2 Å². The van der Waals surface area contributed by atoms with Crippen molar-refractivity contribution in [1.29, 1.82) is 0 Å². The van der Waals surface area contributed by atoms with Crippen LogP contribution in [0.5, 0.6) is 0 Å². The number of halogens is 1. The second-order valence-electron chi connectivity index (χ2n) is 7.22. The van der Waals surface area contributed by atoms with E-state index in [1.165, 1.54) is 17.7 Å². The van der Waals surface area contributed by atoms with Crippen LogP contribution in [0.3, 0.4) is 0 Å². The summed E-state index contributed by atoms with van der Waals surface area (Å²) in [5, 5.41) is 3.44. The molecule has 4 heteroatoms. The van der Waals surface area contributed by atoms with Gasteiger partial charge in [-0.15, -0.1) is 0 Å². The molecular formula is C24H23FN2O. The Morgan fingerprint density at radius 3 is 2.36 bits per heavy atom. The summed E-state index contributed by atoms with van der Waals surface area (Å²) in [6.45, 7) is 4.36. The third kappa shape index (κ3) is 3.26. The summed E-state index contributed by atoms with van der Waals surface area (Å²) < 4.78 is 13.4. The number of carbonyl (C=O) groups is 1. The SMILES string of the molecule is CC[C@@H](C)c1ccc(N2C(=O)c3ccccc3N[C@@H]2c2ccc(F)cc2)cc1. The van der Waals surface area contributed by atoms with Gasteiger partial charge in [-0.3, -0.25) is 9.69 Å². The number of para-hydroxylation sites is 1. The number of benzene rings is 3. The maximum Gasteiger partial charge on any atom is 0.262 e. The van der Waals surface area contributed by atoms with Gasteiger partial charge in [0.05, 0.1) is 5.56 Å². The molecule has 0 fully saturated rings. The first-order chi connectivity index (χ1) is 13.6. The Morgan fingerprint density at radius 1 is 1.00 bits per heavy atom. The Hall–Kier alpha value is -3.14. The average Bonchev–Trinajstić information content (AvgIpc) is 2.74. The second kappa shape index (κ2) is 7.47. The summed E-state index contributed by atoms with van der Waals surface area (Å²) in [6, 6.07) is 21.9. The molecule has 0 spiro atoms. The van der Waals surface area contributed by atoms with Crippen molar-refractivity contribution in [3.8, 4) is 0 Å². The molecule has 1 heterocycles. The predicted molar refractivity (Wildman–Crippen MR) is 111 cm³/mol. The maximum absolute atomic E-state index is 13.4. The van der Waals surface area contributed by atoms with E-state index in [4.69, 9.17) is 0 Å². The van der Waals surface area contributed by atoms with Crippen molar-refractivity contribution in [2.75, 3.05) is 10.2 Å². The van der Waals surface area contributed by atoms with E-state index in [9.17, 15) is 9.18 Å². The monoisotopic (exact) mass is 374 g/mol. The highest BCUT2D eigenvalue weighted by Gasteiger charge is 2.34. The highest BCUT2D eigenvalue weighted by molar-refractivity contribution is 6.12. The molecule has 3 aromatic carbocycles. The summed E-state index contributed by atoms with van der Waals surface area (Å²) in [5.41, 5.74) is 4.31. The van der Waals surface area contributed by atoms with E-state index in [1.807, 2.05) is 36.4 Å². The normalized spacial score (nSPS) is 17.0. The van der Waals surface area contributed by atoms with E-state index in [0.29, 0.717) is 11.5 Å². The summed E-state index contributed by atoms with van der Waals surface area (Å²) in [4.78, 5) is 15.1. The number of anilines is 2. The van der Waals surface area contributed by atoms with Crippen molar-refractivity contribution in [3.05, 3.63) is 95.3 Å². The van der Waals surface area contributed by atoms with Crippen LogP contribution in [0.4, 0.5) is 15.8 Å². The fourth-order valence-electron chi connectivity index (χ4n) is 3.60. The quantitative estimate of drug-likeness (QED) is 0.597. The Balaban J connectivity index is 1.78. The minimum Gasteiger partial charge on any atom is -0.360 e. The first kappa shape index (κ1) is 18.2. The second-order valence-corrected chi connectivity index (χ2v) is 7.22. The minimum atomic E-state index is -0.405. The molecule has 0 bridgehead atoms. The van der Waals surface area contributed by atoms with Crippen molar-refractivity contribution < 1.29 is 9.18 Å². The first-order valence-corrected chi connectivity index (χ1v) is 9.63. The van der Waals surface area contributed by atoms with Crippen molar-refractivity contribution in [1.82, 2.24) is 0 Å². The smallest absolute Gasteiger partial charge is 0.262 e. The van der Waals surface area contributed by atoms with Gasteiger partial charge < -0.3 is 5.32 Å². The van der Waals surface area contributed by atoms with Crippen LogP contribution in [0, 0.1) is 5.82 Å². The minimum absolute atomic E-state index is 0.0695. The molecule has 1 aliphatic rings. The fraction of sp³-hybridized carbons (Fsp3) is 0.208. The zero-order valence-electron chi connectivity index (χ0n) is 16.0. The summed E-state index contributed by atoms with van der Waals surface area (Å²) >= 11 is 0. The molecule has 1 N–H and O–H groups in total. The molecule has 0 aliphatic carbocycles. The van der Waals surface area contributed by atoms with E-state index in [0.717, 1.165) is 23.4 Å². The molecule has 142 valence electrons. The number of amides is 1. The number of rotatable bonds is 4. The van der Waals surface area contributed by atoms with E-state index >= 15 is 0 Å². The average molecular weight is 374 g/mol. The topological polar surface area (TPSA) is 32.3 Å². The number of nitrogens with one attached hydrogen (secondary N) is 1. The van der Waals surface area contributed by atoms with Gasteiger partial charge in [0.1, 0.15) is 12.0 Å². The zero-order valence-corrected chi connectivity index (χ0v) is 16.0. The van der Waals surface area contributed by atoms with Crippen LogP contribution in [-0.4, -0.2) is 5.91 Å². The number of nitrogens with zero attached hydrogens (tertiary/aromatic N) is 1. The third-order valence-electron chi connectivity index (χ3n) is 5.47. The summed E-state index contributed by atoms with van der Waals surface area (Å²) in [5.74, 6) is 0.105. The first-order valence-electron chi connectivity index (χ1n) is 9.63. The summed E-state index contributed by atoms with van der Waals surface area (Å²) in [7, 11) is 0. The predicted octanol–water partition coefficient (Wildman–Crippen LogP) is 6.11.